The second-order valence-corrected chi connectivity index (χ2v) is 6.73. The van der Waals surface area contributed by atoms with Crippen LogP contribution in [0.5, 0.6) is 0 Å². The van der Waals surface area contributed by atoms with E-state index >= 15 is 0 Å². The molecule has 0 aliphatic rings. The summed E-state index contributed by atoms with van der Waals surface area (Å²) >= 11 is 0. The predicted molar refractivity (Wildman–Crippen MR) is 113 cm³/mol. The van der Waals surface area contributed by atoms with Crippen molar-refractivity contribution >= 4 is 17.8 Å². The zero-order valence-corrected chi connectivity index (χ0v) is 16.9. The topological polar surface area (TPSA) is 81.7 Å². The van der Waals surface area contributed by atoms with Gasteiger partial charge in [-0.2, -0.15) is 0 Å². The van der Waals surface area contributed by atoms with E-state index in [0.29, 0.717) is 6.42 Å². The number of allylic oxidation sites excluding steroid dienone is 1. The molecule has 158 valence electrons. The van der Waals surface area contributed by atoms with Crippen LogP contribution in [0.1, 0.15) is 36.8 Å². The highest BCUT2D eigenvalue weighted by Crippen LogP contribution is 2.08. The van der Waals surface area contributed by atoms with Crippen LogP contribution >= 0.6 is 0 Å². The minimum Gasteiger partial charge on any atom is -0.461 e. The standard InChI is InChI=1S/C24H27NO5/c1-2-3-14-22(26)25-21(24(28)30-18-20-12-8-5-9-13-20)15-16-23(27)29-17-19-10-6-4-7-11-19/h2,4-13,21H,1,3,14-18H2,(H,25,26)/t21-/m0/s1. The van der Waals surface area contributed by atoms with Crippen molar-refractivity contribution in [2.45, 2.75) is 44.9 Å². The number of esters is 2. The van der Waals surface area contributed by atoms with Crippen molar-refractivity contribution in [3.8, 4) is 0 Å². The zero-order valence-electron chi connectivity index (χ0n) is 16.9. The SMILES string of the molecule is C=CCCC(=O)N[C@@H](CCC(=O)OCc1ccccc1)C(=O)OCc1ccccc1. The van der Waals surface area contributed by atoms with E-state index < -0.39 is 18.0 Å². The summed E-state index contributed by atoms with van der Waals surface area (Å²) in [4.78, 5) is 36.7. The molecule has 6 heteroatoms. The summed E-state index contributed by atoms with van der Waals surface area (Å²) in [5, 5.41) is 2.65. The number of benzene rings is 2. The highest BCUT2D eigenvalue weighted by Gasteiger charge is 2.23. The van der Waals surface area contributed by atoms with Gasteiger partial charge in [0.05, 0.1) is 0 Å². The van der Waals surface area contributed by atoms with Gasteiger partial charge in [0.2, 0.25) is 5.91 Å². The molecule has 0 saturated heterocycles. The summed E-state index contributed by atoms with van der Waals surface area (Å²) in [6.07, 6.45) is 2.42. The summed E-state index contributed by atoms with van der Waals surface area (Å²) < 4.78 is 10.6. The Bertz CT molecular complexity index is 820. The first-order chi connectivity index (χ1) is 14.6. The van der Waals surface area contributed by atoms with Crippen molar-refractivity contribution in [3.63, 3.8) is 0 Å². The Hall–Kier alpha value is -3.41. The third-order valence-electron chi connectivity index (χ3n) is 4.30. The number of rotatable bonds is 12. The zero-order chi connectivity index (χ0) is 21.6. The molecule has 0 unspecified atom stereocenters. The van der Waals surface area contributed by atoms with Gasteiger partial charge in [0, 0.05) is 12.8 Å². The lowest BCUT2D eigenvalue weighted by Crippen LogP contribution is -2.42. The largest absolute Gasteiger partial charge is 0.461 e. The highest BCUT2D eigenvalue weighted by molar-refractivity contribution is 5.85. The van der Waals surface area contributed by atoms with E-state index in [1.165, 1.54) is 0 Å². The van der Waals surface area contributed by atoms with Crippen LogP contribution in [0.15, 0.2) is 73.3 Å². The van der Waals surface area contributed by atoms with Gasteiger partial charge < -0.3 is 14.8 Å². The molecule has 1 amide bonds. The molecule has 0 bridgehead atoms. The molecule has 2 aromatic carbocycles. The molecule has 2 rings (SSSR count). The molecule has 0 radical (unpaired) electrons. The van der Waals surface area contributed by atoms with E-state index in [1.54, 1.807) is 6.08 Å². The van der Waals surface area contributed by atoms with Crippen LogP contribution in [0, 0.1) is 0 Å². The highest BCUT2D eigenvalue weighted by atomic mass is 16.5. The number of hydrogen-bond acceptors (Lipinski definition) is 5. The Balaban J connectivity index is 1.87. The molecule has 6 nitrogen and oxygen atoms in total. The lowest BCUT2D eigenvalue weighted by molar-refractivity contribution is -0.150. The first-order valence-electron chi connectivity index (χ1n) is 9.89. The molecular formula is C24H27NO5. The van der Waals surface area contributed by atoms with Crippen molar-refractivity contribution in [1.29, 1.82) is 0 Å². The van der Waals surface area contributed by atoms with Gasteiger partial charge in [-0.15, -0.1) is 6.58 Å². The van der Waals surface area contributed by atoms with E-state index in [-0.39, 0.29) is 38.4 Å². The van der Waals surface area contributed by atoms with Crippen molar-refractivity contribution in [3.05, 3.63) is 84.4 Å². The minimum atomic E-state index is -0.921. The lowest BCUT2D eigenvalue weighted by Gasteiger charge is -2.17. The molecule has 0 saturated carbocycles. The molecule has 0 spiro atoms. The molecule has 1 atom stereocenters. The van der Waals surface area contributed by atoms with E-state index in [9.17, 15) is 14.4 Å². The predicted octanol–water partition coefficient (Wildman–Crippen LogP) is 3.70. The van der Waals surface area contributed by atoms with Gasteiger partial charge in [0.25, 0.3) is 0 Å². The summed E-state index contributed by atoms with van der Waals surface area (Å²) in [6, 6.07) is 17.6. The molecular weight excluding hydrogens is 382 g/mol. The summed E-state index contributed by atoms with van der Waals surface area (Å²) in [6.45, 7) is 3.84. The van der Waals surface area contributed by atoms with E-state index in [2.05, 4.69) is 11.9 Å². The Morgan fingerprint density at radius 1 is 0.867 bits per heavy atom. The molecule has 0 fully saturated rings. The number of hydrogen-bond donors (Lipinski definition) is 1. The van der Waals surface area contributed by atoms with Crippen molar-refractivity contribution in [1.82, 2.24) is 5.32 Å². The maximum Gasteiger partial charge on any atom is 0.328 e. The quantitative estimate of drug-likeness (QED) is 0.427. The lowest BCUT2D eigenvalue weighted by atomic mass is 10.1. The maximum absolute atomic E-state index is 12.5. The van der Waals surface area contributed by atoms with Gasteiger partial charge in [-0.1, -0.05) is 66.7 Å². The van der Waals surface area contributed by atoms with Crippen LogP contribution in [0.3, 0.4) is 0 Å². The fraction of sp³-hybridized carbons (Fsp3) is 0.292. The Morgan fingerprint density at radius 2 is 1.43 bits per heavy atom. The molecule has 0 heterocycles. The Labute approximate surface area is 176 Å². The van der Waals surface area contributed by atoms with Gasteiger partial charge in [-0.25, -0.2) is 4.79 Å². The first kappa shape index (κ1) is 22.9. The van der Waals surface area contributed by atoms with E-state index in [1.807, 2.05) is 60.7 Å². The van der Waals surface area contributed by atoms with Gasteiger partial charge in [0.15, 0.2) is 0 Å². The number of nitrogens with one attached hydrogen (secondary N) is 1. The third-order valence-corrected chi connectivity index (χ3v) is 4.30. The fourth-order valence-electron chi connectivity index (χ4n) is 2.65. The smallest absolute Gasteiger partial charge is 0.328 e. The second kappa shape index (κ2) is 12.9. The number of amides is 1. The number of carbonyl (C=O) groups is 3. The molecule has 0 aromatic heterocycles. The van der Waals surface area contributed by atoms with Crippen LogP contribution < -0.4 is 5.32 Å². The van der Waals surface area contributed by atoms with Crippen molar-refractivity contribution in [2.75, 3.05) is 0 Å². The second-order valence-electron chi connectivity index (χ2n) is 6.73. The van der Waals surface area contributed by atoms with Gasteiger partial charge in [0.1, 0.15) is 19.3 Å². The molecule has 0 aliphatic carbocycles. The van der Waals surface area contributed by atoms with Crippen LogP contribution in [0.2, 0.25) is 0 Å². The van der Waals surface area contributed by atoms with E-state index in [0.717, 1.165) is 11.1 Å². The fourth-order valence-corrected chi connectivity index (χ4v) is 2.65. The van der Waals surface area contributed by atoms with Crippen LogP contribution in [0.25, 0.3) is 0 Å². The molecule has 2 aromatic rings. The Morgan fingerprint density at radius 3 is 2.00 bits per heavy atom. The average Bonchev–Trinajstić information content (AvgIpc) is 2.78. The summed E-state index contributed by atoms with van der Waals surface area (Å²) in [5.41, 5.74) is 1.72. The summed E-state index contributed by atoms with van der Waals surface area (Å²) in [5.74, 6) is -1.32. The first-order valence-corrected chi connectivity index (χ1v) is 9.89. The van der Waals surface area contributed by atoms with Crippen LogP contribution in [-0.4, -0.2) is 23.9 Å². The minimum absolute atomic E-state index is 0.0142. The van der Waals surface area contributed by atoms with Crippen LogP contribution in [-0.2, 0) is 37.1 Å². The third kappa shape index (κ3) is 8.73. The maximum atomic E-state index is 12.5. The van der Waals surface area contributed by atoms with Crippen LogP contribution in [0.4, 0.5) is 0 Å². The average molecular weight is 409 g/mol. The van der Waals surface area contributed by atoms with Gasteiger partial charge in [-0.3, -0.25) is 9.59 Å². The molecule has 1 N–H and O–H groups in total. The van der Waals surface area contributed by atoms with Crippen molar-refractivity contribution in [2.24, 2.45) is 0 Å². The van der Waals surface area contributed by atoms with E-state index in [4.69, 9.17) is 9.47 Å². The summed E-state index contributed by atoms with van der Waals surface area (Å²) in [7, 11) is 0. The van der Waals surface area contributed by atoms with Crippen molar-refractivity contribution < 1.29 is 23.9 Å². The monoisotopic (exact) mass is 409 g/mol. The van der Waals surface area contributed by atoms with Gasteiger partial charge in [-0.05, 0) is 24.0 Å². The normalized spacial score (nSPS) is 11.2. The molecule has 0 aliphatic heterocycles. The molecule has 30 heavy (non-hydrogen) atoms. The number of ether oxygens (including phenoxy) is 2. The number of carbonyl (C=O) groups excluding carboxylic acids is 3. The Kier molecular flexibility index (Phi) is 9.86. The van der Waals surface area contributed by atoms with Gasteiger partial charge >= 0.3 is 11.9 Å².